The third-order valence-electron chi connectivity index (χ3n) is 4.44. The summed E-state index contributed by atoms with van der Waals surface area (Å²) in [5, 5.41) is 1.95. The van der Waals surface area contributed by atoms with Gasteiger partial charge in [0.1, 0.15) is 0 Å². The van der Waals surface area contributed by atoms with Crippen LogP contribution in [0.1, 0.15) is 40.5 Å². The van der Waals surface area contributed by atoms with Gasteiger partial charge in [-0.25, -0.2) is 0 Å². The minimum absolute atomic E-state index is 0.225. The molecular formula is C17H25O2P. The van der Waals surface area contributed by atoms with E-state index in [2.05, 4.69) is 58.0 Å². The second-order valence-corrected chi connectivity index (χ2v) is 10.9. The van der Waals surface area contributed by atoms with Crippen LogP contribution >= 0.6 is 7.92 Å². The summed E-state index contributed by atoms with van der Waals surface area (Å²) in [7, 11) is -0.255. The van der Waals surface area contributed by atoms with Crippen LogP contribution in [-0.4, -0.2) is 29.3 Å². The van der Waals surface area contributed by atoms with Crippen LogP contribution < -0.4 is 5.30 Å². The molecule has 1 aromatic rings. The first-order valence-corrected chi connectivity index (χ1v) is 8.82. The Balaban J connectivity index is 1.99. The van der Waals surface area contributed by atoms with Gasteiger partial charge in [0, 0.05) is 12.8 Å². The maximum Gasteiger partial charge on any atom is 0.170 e. The van der Waals surface area contributed by atoms with Gasteiger partial charge >= 0.3 is 0 Å². The summed E-state index contributed by atoms with van der Waals surface area (Å²) in [6.07, 6.45) is 2.01. The summed E-state index contributed by atoms with van der Waals surface area (Å²) in [6.45, 7) is 11.0. The Morgan fingerprint density at radius 3 is 1.85 bits per heavy atom. The van der Waals surface area contributed by atoms with Crippen LogP contribution in [0.15, 0.2) is 30.3 Å². The van der Waals surface area contributed by atoms with Crippen molar-refractivity contribution < 1.29 is 9.47 Å². The van der Waals surface area contributed by atoms with E-state index in [-0.39, 0.29) is 24.0 Å². The Bertz CT molecular complexity index is 455. The van der Waals surface area contributed by atoms with Gasteiger partial charge in [-0.1, -0.05) is 65.9 Å². The first kappa shape index (κ1) is 14.5. The fraction of sp³-hybridized carbons (Fsp3) is 0.647. The van der Waals surface area contributed by atoms with Crippen molar-refractivity contribution in [3.05, 3.63) is 30.3 Å². The fourth-order valence-electron chi connectivity index (χ4n) is 4.34. The minimum Gasteiger partial charge on any atom is -0.347 e. The molecule has 0 radical (unpaired) electrons. The van der Waals surface area contributed by atoms with Gasteiger partial charge in [0.05, 0.1) is 13.2 Å². The van der Waals surface area contributed by atoms with Crippen LogP contribution in [0, 0.1) is 0 Å². The van der Waals surface area contributed by atoms with Crippen LogP contribution in [0.25, 0.3) is 0 Å². The molecular weight excluding hydrogens is 267 g/mol. The van der Waals surface area contributed by atoms with Gasteiger partial charge in [-0.2, -0.15) is 0 Å². The molecule has 0 aliphatic carbocycles. The molecule has 3 heteroatoms. The highest BCUT2D eigenvalue weighted by Crippen LogP contribution is 2.67. The van der Waals surface area contributed by atoms with E-state index < -0.39 is 0 Å². The summed E-state index contributed by atoms with van der Waals surface area (Å²) in [4.78, 5) is 0. The molecule has 20 heavy (non-hydrogen) atoms. The lowest BCUT2D eigenvalue weighted by atomic mass is 9.91. The fourth-order valence-corrected chi connectivity index (χ4v) is 8.64. The van der Waals surface area contributed by atoms with Gasteiger partial charge in [-0.05, 0) is 15.6 Å². The van der Waals surface area contributed by atoms with Gasteiger partial charge in [0.15, 0.2) is 5.79 Å². The third-order valence-corrected chi connectivity index (χ3v) is 7.99. The van der Waals surface area contributed by atoms with Crippen molar-refractivity contribution in [3.8, 4) is 0 Å². The zero-order chi connectivity index (χ0) is 14.4. The Morgan fingerprint density at radius 2 is 1.35 bits per heavy atom. The molecule has 0 aromatic heterocycles. The SMILES string of the molecule is CC1(C)CC2(CC(C)(C)P1c1ccccc1)OCCO2. The number of rotatable bonds is 1. The molecule has 0 N–H and O–H groups in total. The van der Waals surface area contributed by atoms with E-state index >= 15 is 0 Å². The number of hydrogen-bond donors (Lipinski definition) is 0. The number of benzene rings is 1. The van der Waals surface area contributed by atoms with Crippen LogP contribution in [0.3, 0.4) is 0 Å². The van der Waals surface area contributed by atoms with E-state index in [0.29, 0.717) is 0 Å². The predicted octanol–water partition coefficient (Wildman–Crippen LogP) is 3.89. The third kappa shape index (κ3) is 2.43. The lowest BCUT2D eigenvalue weighted by molar-refractivity contribution is -0.178. The molecule has 0 atom stereocenters. The second kappa shape index (κ2) is 4.80. The summed E-state index contributed by atoms with van der Waals surface area (Å²) in [5.74, 6) is -0.333. The highest BCUT2D eigenvalue weighted by molar-refractivity contribution is 7.68. The molecule has 2 aliphatic rings. The highest BCUT2D eigenvalue weighted by Gasteiger charge is 2.56. The van der Waals surface area contributed by atoms with E-state index in [1.165, 1.54) is 5.30 Å². The molecule has 2 saturated heterocycles. The van der Waals surface area contributed by atoms with Gasteiger partial charge in [-0.15, -0.1) is 0 Å². The van der Waals surface area contributed by atoms with Gasteiger partial charge < -0.3 is 9.47 Å². The van der Waals surface area contributed by atoms with Crippen molar-refractivity contribution in [2.24, 2.45) is 0 Å². The standard InChI is InChI=1S/C17H25O2P/c1-15(2)12-17(18-10-11-19-17)13-16(3,4)20(15)14-8-6-5-7-9-14/h5-9H,10-13H2,1-4H3. The van der Waals surface area contributed by atoms with E-state index in [4.69, 9.17) is 9.47 Å². The molecule has 2 heterocycles. The Hall–Kier alpha value is -0.430. The normalized spacial score (nSPS) is 27.8. The molecule has 1 aromatic carbocycles. The topological polar surface area (TPSA) is 18.5 Å². The first-order chi connectivity index (χ1) is 9.35. The summed E-state index contributed by atoms with van der Waals surface area (Å²) < 4.78 is 12.0. The Morgan fingerprint density at radius 1 is 0.850 bits per heavy atom. The average molecular weight is 292 g/mol. The molecule has 2 aliphatic heterocycles. The van der Waals surface area contributed by atoms with E-state index in [1.807, 2.05) is 0 Å². The molecule has 0 amide bonds. The summed E-state index contributed by atoms with van der Waals surface area (Å²) >= 11 is 0. The van der Waals surface area contributed by atoms with Crippen LogP contribution in [-0.2, 0) is 9.47 Å². The second-order valence-electron chi connectivity index (χ2n) is 7.26. The molecule has 0 saturated carbocycles. The molecule has 0 bridgehead atoms. The Labute approximate surface area is 123 Å². The smallest absolute Gasteiger partial charge is 0.170 e. The summed E-state index contributed by atoms with van der Waals surface area (Å²) in [5.41, 5.74) is 0. The van der Waals surface area contributed by atoms with Crippen molar-refractivity contribution in [3.63, 3.8) is 0 Å². The minimum atomic E-state index is -0.333. The van der Waals surface area contributed by atoms with Crippen molar-refractivity contribution >= 4 is 13.2 Å². The quantitative estimate of drug-likeness (QED) is 0.731. The number of hydrogen-bond acceptors (Lipinski definition) is 2. The van der Waals surface area contributed by atoms with Gasteiger partial charge in [0.2, 0.25) is 0 Å². The van der Waals surface area contributed by atoms with Crippen molar-refractivity contribution in [2.75, 3.05) is 13.2 Å². The van der Waals surface area contributed by atoms with Crippen LogP contribution in [0.2, 0.25) is 0 Å². The molecule has 3 rings (SSSR count). The lowest BCUT2D eigenvalue weighted by Crippen LogP contribution is -2.52. The highest BCUT2D eigenvalue weighted by atomic mass is 31.1. The van der Waals surface area contributed by atoms with E-state index in [1.54, 1.807) is 0 Å². The monoisotopic (exact) mass is 292 g/mol. The van der Waals surface area contributed by atoms with Gasteiger partial charge in [-0.3, -0.25) is 0 Å². The van der Waals surface area contributed by atoms with Crippen LogP contribution in [0.5, 0.6) is 0 Å². The molecule has 2 fully saturated rings. The molecule has 0 unspecified atom stereocenters. The predicted molar refractivity (Wildman–Crippen MR) is 85.0 cm³/mol. The molecule has 1 spiro atoms. The van der Waals surface area contributed by atoms with Crippen molar-refractivity contribution in [2.45, 2.75) is 56.6 Å². The zero-order valence-electron chi connectivity index (χ0n) is 13.0. The molecule has 110 valence electrons. The lowest BCUT2D eigenvalue weighted by Gasteiger charge is -2.55. The van der Waals surface area contributed by atoms with Crippen molar-refractivity contribution in [1.29, 1.82) is 0 Å². The number of ether oxygens (including phenoxy) is 2. The van der Waals surface area contributed by atoms with Crippen LogP contribution in [0.4, 0.5) is 0 Å². The maximum atomic E-state index is 6.02. The van der Waals surface area contributed by atoms with E-state index in [9.17, 15) is 0 Å². The molecule has 2 nitrogen and oxygen atoms in total. The maximum absolute atomic E-state index is 6.02. The largest absolute Gasteiger partial charge is 0.347 e. The average Bonchev–Trinajstić information content (AvgIpc) is 2.74. The van der Waals surface area contributed by atoms with Gasteiger partial charge in [0.25, 0.3) is 0 Å². The summed E-state index contributed by atoms with van der Waals surface area (Å²) in [6, 6.07) is 11.0. The Kier molecular flexibility index (Phi) is 3.48. The zero-order valence-corrected chi connectivity index (χ0v) is 13.9. The van der Waals surface area contributed by atoms with Crippen molar-refractivity contribution in [1.82, 2.24) is 0 Å². The van der Waals surface area contributed by atoms with E-state index in [0.717, 1.165) is 26.1 Å². The first-order valence-electron chi connectivity index (χ1n) is 7.48.